The van der Waals surface area contributed by atoms with Crippen LogP contribution in [-0.2, 0) is 11.2 Å². The summed E-state index contributed by atoms with van der Waals surface area (Å²) >= 11 is 0. The third-order valence-corrected chi connectivity index (χ3v) is 2.49. The quantitative estimate of drug-likeness (QED) is 0.571. The number of hydrogen-bond donors (Lipinski definition) is 3. The largest absolute Gasteiger partial charge is 0.481 e. The van der Waals surface area contributed by atoms with Crippen molar-refractivity contribution in [1.82, 2.24) is 10.2 Å². The molecule has 0 saturated carbocycles. The van der Waals surface area contributed by atoms with E-state index in [-0.39, 0.29) is 12.0 Å². The molecule has 1 aromatic rings. The molecule has 1 heterocycles. The van der Waals surface area contributed by atoms with Gasteiger partial charge < -0.3 is 10.8 Å². The van der Waals surface area contributed by atoms with Crippen molar-refractivity contribution in [2.75, 3.05) is 0 Å². The van der Waals surface area contributed by atoms with Gasteiger partial charge in [0.2, 0.25) is 0 Å². The van der Waals surface area contributed by atoms with Crippen molar-refractivity contribution in [3.05, 3.63) is 17.5 Å². The lowest BCUT2D eigenvalue weighted by Gasteiger charge is -2.23. The highest BCUT2D eigenvalue weighted by Gasteiger charge is 2.30. The lowest BCUT2D eigenvalue weighted by atomic mass is 9.85. The van der Waals surface area contributed by atoms with E-state index in [9.17, 15) is 4.79 Å². The van der Waals surface area contributed by atoms with Gasteiger partial charge in [-0.25, -0.2) is 0 Å². The molecule has 0 aromatic carbocycles. The van der Waals surface area contributed by atoms with Crippen molar-refractivity contribution >= 4 is 5.97 Å². The molecule has 5 heteroatoms. The Morgan fingerprint density at radius 2 is 2.54 bits per heavy atom. The molecule has 0 fully saturated rings. The molecule has 2 atom stereocenters. The SMILES string of the molecule is NC1CC(C(=O)O)Cc2[nH]ncc21. The van der Waals surface area contributed by atoms with E-state index in [1.807, 2.05) is 0 Å². The average Bonchev–Trinajstić information content (AvgIpc) is 2.51. The molecule has 0 radical (unpaired) electrons. The van der Waals surface area contributed by atoms with Gasteiger partial charge in [-0.3, -0.25) is 9.89 Å². The topological polar surface area (TPSA) is 92.0 Å². The van der Waals surface area contributed by atoms with Crippen molar-refractivity contribution in [3.8, 4) is 0 Å². The van der Waals surface area contributed by atoms with E-state index in [4.69, 9.17) is 10.8 Å². The smallest absolute Gasteiger partial charge is 0.306 e. The lowest BCUT2D eigenvalue weighted by Crippen LogP contribution is -2.28. The summed E-state index contributed by atoms with van der Waals surface area (Å²) in [7, 11) is 0. The van der Waals surface area contributed by atoms with Gasteiger partial charge in [-0.2, -0.15) is 5.10 Å². The molecule has 1 aromatic heterocycles. The van der Waals surface area contributed by atoms with E-state index in [1.165, 1.54) is 0 Å². The second-order valence-electron chi connectivity index (χ2n) is 3.39. The van der Waals surface area contributed by atoms with Crippen molar-refractivity contribution in [2.45, 2.75) is 18.9 Å². The van der Waals surface area contributed by atoms with E-state index in [0.717, 1.165) is 11.3 Å². The van der Waals surface area contributed by atoms with Gasteiger partial charge in [-0.15, -0.1) is 0 Å². The van der Waals surface area contributed by atoms with Gasteiger partial charge >= 0.3 is 5.97 Å². The number of hydrogen-bond acceptors (Lipinski definition) is 3. The molecule has 0 aliphatic heterocycles. The first kappa shape index (κ1) is 8.25. The first-order valence-corrected chi connectivity index (χ1v) is 4.19. The molecule has 2 rings (SSSR count). The van der Waals surface area contributed by atoms with Crippen molar-refractivity contribution in [2.24, 2.45) is 11.7 Å². The highest BCUT2D eigenvalue weighted by Crippen LogP contribution is 2.30. The second kappa shape index (κ2) is 2.85. The maximum atomic E-state index is 10.7. The zero-order valence-corrected chi connectivity index (χ0v) is 7.03. The van der Waals surface area contributed by atoms with Crippen LogP contribution in [0.1, 0.15) is 23.7 Å². The third-order valence-electron chi connectivity index (χ3n) is 2.49. The molecular formula is C8H11N3O2. The Morgan fingerprint density at radius 1 is 1.77 bits per heavy atom. The molecule has 5 nitrogen and oxygen atoms in total. The molecule has 0 bridgehead atoms. The van der Waals surface area contributed by atoms with Crippen LogP contribution in [-0.4, -0.2) is 21.3 Å². The molecule has 4 N–H and O–H groups in total. The molecular weight excluding hydrogens is 170 g/mol. The fourth-order valence-electron chi connectivity index (χ4n) is 1.76. The summed E-state index contributed by atoms with van der Waals surface area (Å²) in [5.74, 6) is -1.15. The normalized spacial score (nSPS) is 26.8. The number of carboxylic acids is 1. The number of fused-ring (bicyclic) bond motifs is 1. The maximum Gasteiger partial charge on any atom is 0.306 e. The lowest BCUT2D eigenvalue weighted by molar-refractivity contribution is -0.142. The number of aliphatic carboxylic acids is 1. The Balaban J connectivity index is 2.28. The molecule has 0 saturated heterocycles. The Bertz CT molecular complexity index is 334. The summed E-state index contributed by atoms with van der Waals surface area (Å²) in [4.78, 5) is 10.7. The van der Waals surface area contributed by atoms with E-state index in [0.29, 0.717) is 12.8 Å². The minimum absolute atomic E-state index is 0.191. The molecule has 2 unspecified atom stereocenters. The first-order valence-electron chi connectivity index (χ1n) is 4.19. The van der Waals surface area contributed by atoms with Crippen molar-refractivity contribution in [1.29, 1.82) is 0 Å². The van der Waals surface area contributed by atoms with Gasteiger partial charge in [-0.05, 0) is 6.42 Å². The van der Waals surface area contributed by atoms with Crippen molar-refractivity contribution in [3.63, 3.8) is 0 Å². The van der Waals surface area contributed by atoms with Gasteiger partial charge in [0.1, 0.15) is 0 Å². The number of rotatable bonds is 1. The molecule has 0 amide bonds. The van der Waals surface area contributed by atoms with Crippen LogP contribution in [0, 0.1) is 5.92 Å². The van der Waals surface area contributed by atoms with E-state index < -0.39 is 5.97 Å². The van der Waals surface area contributed by atoms with E-state index in [2.05, 4.69) is 10.2 Å². The van der Waals surface area contributed by atoms with Crippen LogP contribution < -0.4 is 5.73 Å². The average molecular weight is 181 g/mol. The van der Waals surface area contributed by atoms with Crippen LogP contribution in [0.2, 0.25) is 0 Å². The summed E-state index contributed by atoms with van der Waals surface area (Å²) in [6.45, 7) is 0. The van der Waals surface area contributed by atoms with Crippen LogP contribution >= 0.6 is 0 Å². The number of carbonyl (C=O) groups is 1. The molecule has 1 aliphatic carbocycles. The molecule has 13 heavy (non-hydrogen) atoms. The Kier molecular flexibility index (Phi) is 1.81. The number of nitrogens with two attached hydrogens (primary N) is 1. The predicted molar refractivity (Wildman–Crippen MR) is 45.0 cm³/mol. The standard InChI is InChI=1S/C8H11N3O2/c9-6-1-4(8(12)13)2-7-5(6)3-10-11-7/h3-4,6H,1-2,9H2,(H,10,11)(H,12,13). The highest BCUT2D eigenvalue weighted by molar-refractivity contribution is 5.71. The summed E-state index contributed by atoms with van der Waals surface area (Å²) in [5.41, 5.74) is 7.62. The number of aromatic amines is 1. The van der Waals surface area contributed by atoms with Crippen LogP contribution in [0.15, 0.2) is 6.20 Å². The number of nitrogens with zero attached hydrogens (tertiary/aromatic N) is 1. The van der Waals surface area contributed by atoms with E-state index in [1.54, 1.807) is 6.20 Å². The zero-order chi connectivity index (χ0) is 9.42. The second-order valence-corrected chi connectivity index (χ2v) is 3.39. The van der Waals surface area contributed by atoms with Gasteiger partial charge in [0.05, 0.1) is 12.1 Å². The van der Waals surface area contributed by atoms with Crippen LogP contribution in [0.4, 0.5) is 0 Å². The summed E-state index contributed by atoms with van der Waals surface area (Å²) in [5, 5.41) is 15.5. The van der Waals surface area contributed by atoms with Gasteiger partial charge in [0, 0.05) is 23.7 Å². The van der Waals surface area contributed by atoms with Gasteiger partial charge in [0.15, 0.2) is 0 Å². The fraction of sp³-hybridized carbons (Fsp3) is 0.500. The number of nitrogens with one attached hydrogen (secondary N) is 1. The number of carboxylic acid groups (broad SMARTS) is 1. The summed E-state index contributed by atoms with van der Waals surface area (Å²) < 4.78 is 0. The minimum Gasteiger partial charge on any atom is -0.481 e. The highest BCUT2D eigenvalue weighted by atomic mass is 16.4. The fourth-order valence-corrected chi connectivity index (χ4v) is 1.76. The minimum atomic E-state index is -0.782. The number of H-pyrrole nitrogens is 1. The Hall–Kier alpha value is -1.36. The Labute approximate surface area is 74.9 Å². The third kappa shape index (κ3) is 1.31. The predicted octanol–water partition coefficient (Wildman–Crippen LogP) is 0.0565. The first-order chi connectivity index (χ1) is 6.18. The van der Waals surface area contributed by atoms with Crippen LogP contribution in [0.25, 0.3) is 0 Å². The zero-order valence-electron chi connectivity index (χ0n) is 7.03. The monoisotopic (exact) mass is 181 g/mol. The molecule has 1 aliphatic rings. The maximum absolute atomic E-state index is 10.7. The molecule has 0 spiro atoms. The van der Waals surface area contributed by atoms with Gasteiger partial charge in [-0.1, -0.05) is 0 Å². The summed E-state index contributed by atoms with van der Waals surface area (Å²) in [6.07, 6.45) is 2.69. The van der Waals surface area contributed by atoms with Crippen LogP contribution in [0.3, 0.4) is 0 Å². The van der Waals surface area contributed by atoms with Crippen molar-refractivity contribution < 1.29 is 9.90 Å². The molecule has 70 valence electrons. The summed E-state index contributed by atoms with van der Waals surface area (Å²) in [6, 6.07) is -0.191. The van der Waals surface area contributed by atoms with Gasteiger partial charge in [0.25, 0.3) is 0 Å². The van der Waals surface area contributed by atoms with Crippen LogP contribution in [0.5, 0.6) is 0 Å². The Morgan fingerprint density at radius 3 is 3.23 bits per heavy atom. The number of aromatic nitrogens is 2. The van der Waals surface area contributed by atoms with E-state index >= 15 is 0 Å².